The molecule has 4 rings (SSSR count). The maximum Gasteiger partial charge on any atom is 0.331 e. The first kappa shape index (κ1) is 19.9. The monoisotopic (exact) mass is 448 g/mol. The van der Waals surface area contributed by atoms with Crippen molar-refractivity contribution in [1.82, 2.24) is 0 Å². The minimum absolute atomic E-state index is 0.00429. The summed E-state index contributed by atoms with van der Waals surface area (Å²) in [6, 6.07) is 16.7. The molecule has 0 saturated heterocycles. The van der Waals surface area contributed by atoms with Crippen LogP contribution in [0.3, 0.4) is 0 Å². The summed E-state index contributed by atoms with van der Waals surface area (Å²) in [7, 11) is 0. The highest BCUT2D eigenvalue weighted by molar-refractivity contribution is 7.81. The van der Waals surface area contributed by atoms with E-state index in [9.17, 15) is 23.8 Å². The Morgan fingerprint density at radius 3 is 2.55 bits per heavy atom. The highest BCUT2D eigenvalue weighted by Crippen LogP contribution is 2.58. The van der Waals surface area contributed by atoms with Crippen LogP contribution in [0, 0.1) is 0 Å². The van der Waals surface area contributed by atoms with Gasteiger partial charge in [0.05, 0.1) is 0 Å². The molecule has 1 aromatic heterocycles. The molecule has 1 saturated carbocycles. The molecular formula is C20H15ClNO5S2-. The van der Waals surface area contributed by atoms with Crippen molar-refractivity contribution in [3.63, 3.8) is 0 Å². The molecule has 9 heteroatoms. The Morgan fingerprint density at radius 2 is 1.93 bits per heavy atom. The van der Waals surface area contributed by atoms with Crippen LogP contribution >= 0.6 is 22.9 Å². The number of benzene rings is 2. The number of nitrogens with zero attached hydrogens (tertiary/aromatic N) is 1. The Labute approximate surface area is 178 Å². The quantitative estimate of drug-likeness (QED) is 0.545. The van der Waals surface area contributed by atoms with Gasteiger partial charge in [-0.2, -0.15) is 0 Å². The van der Waals surface area contributed by atoms with Crippen molar-refractivity contribution in [2.24, 2.45) is 0 Å². The average Bonchev–Trinajstić information content (AvgIpc) is 3.24. The van der Waals surface area contributed by atoms with E-state index in [-0.39, 0.29) is 12.2 Å². The number of hydrogen-bond donors (Lipinski definition) is 2. The van der Waals surface area contributed by atoms with Crippen LogP contribution in [0.5, 0.6) is 5.75 Å². The molecule has 6 nitrogen and oxygen atoms in total. The van der Waals surface area contributed by atoms with E-state index in [0.717, 1.165) is 14.7 Å². The molecule has 1 heterocycles. The van der Waals surface area contributed by atoms with E-state index in [1.54, 1.807) is 36.4 Å². The van der Waals surface area contributed by atoms with Gasteiger partial charge in [0.15, 0.2) is 5.54 Å². The number of carbonyl (C=O) groups is 1. The molecule has 150 valence electrons. The van der Waals surface area contributed by atoms with Gasteiger partial charge in [-0.05, 0) is 53.9 Å². The molecule has 0 radical (unpaired) electrons. The highest BCUT2D eigenvalue weighted by atomic mass is 35.5. The van der Waals surface area contributed by atoms with Crippen molar-refractivity contribution in [3.8, 4) is 16.2 Å². The number of aromatic hydroxyl groups is 1. The van der Waals surface area contributed by atoms with Gasteiger partial charge in [0.25, 0.3) is 0 Å². The van der Waals surface area contributed by atoms with E-state index in [1.165, 1.54) is 23.5 Å². The summed E-state index contributed by atoms with van der Waals surface area (Å²) >= 11 is 4.31. The predicted molar refractivity (Wildman–Crippen MR) is 112 cm³/mol. The third-order valence-corrected chi connectivity index (χ3v) is 7.31. The second kappa shape index (κ2) is 7.46. The second-order valence-electron chi connectivity index (χ2n) is 6.74. The number of hydrogen-bond acceptors (Lipinski definition) is 5. The Hall–Kier alpha value is -2.39. The van der Waals surface area contributed by atoms with E-state index in [2.05, 4.69) is 0 Å². The average molecular weight is 449 g/mol. The van der Waals surface area contributed by atoms with Gasteiger partial charge >= 0.3 is 5.97 Å². The molecule has 29 heavy (non-hydrogen) atoms. The lowest BCUT2D eigenvalue weighted by Crippen LogP contribution is -2.46. The summed E-state index contributed by atoms with van der Waals surface area (Å²) in [4.78, 5) is 13.0. The molecule has 1 aliphatic rings. The van der Waals surface area contributed by atoms with E-state index < -0.39 is 28.7 Å². The van der Waals surface area contributed by atoms with E-state index in [1.807, 2.05) is 12.1 Å². The number of halogens is 1. The minimum atomic E-state index is -2.80. The van der Waals surface area contributed by atoms with Gasteiger partial charge < -0.3 is 14.8 Å². The zero-order valence-corrected chi connectivity index (χ0v) is 17.2. The number of phenols is 1. The Morgan fingerprint density at radius 1 is 1.21 bits per heavy atom. The maximum absolute atomic E-state index is 12.2. The van der Waals surface area contributed by atoms with Gasteiger partial charge in [0.1, 0.15) is 10.8 Å². The highest BCUT2D eigenvalue weighted by Gasteiger charge is 2.66. The minimum Gasteiger partial charge on any atom is -0.755 e. The van der Waals surface area contributed by atoms with Gasteiger partial charge in [0, 0.05) is 27.1 Å². The Bertz CT molecular complexity index is 1100. The fourth-order valence-corrected chi connectivity index (χ4v) is 5.72. The zero-order chi connectivity index (χ0) is 20.8. The third kappa shape index (κ3) is 3.53. The summed E-state index contributed by atoms with van der Waals surface area (Å²) in [5, 5.41) is 20.6. The summed E-state index contributed by atoms with van der Waals surface area (Å²) < 4.78 is 25.2. The molecule has 3 aromatic rings. The van der Waals surface area contributed by atoms with Crippen molar-refractivity contribution in [1.29, 1.82) is 0 Å². The van der Waals surface area contributed by atoms with Crippen LogP contribution in [0.25, 0.3) is 10.4 Å². The van der Waals surface area contributed by atoms with Crippen molar-refractivity contribution in [3.05, 3.63) is 71.2 Å². The van der Waals surface area contributed by atoms with Crippen LogP contribution in [-0.4, -0.2) is 30.5 Å². The smallest absolute Gasteiger partial charge is 0.331 e. The van der Waals surface area contributed by atoms with Crippen molar-refractivity contribution in [2.45, 2.75) is 17.9 Å². The normalized spacial score (nSPS) is 21.5. The lowest BCUT2D eigenvalue weighted by atomic mass is 10.1. The van der Waals surface area contributed by atoms with Crippen LogP contribution in [0.2, 0.25) is 5.02 Å². The number of carboxylic acids is 1. The van der Waals surface area contributed by atoms with Crippen LogP contribution in [0.15, 0.2) is 60.7 Å². The number of aliphatic carboxylic acids is 1. The molecule has 2 aromatic carbocycles. The van der Waals surface area contributed by atoms with Gasteiger partial charge in [-0.3, -0.25) is 8.51 Å². The SMILES string of the molecule is O=C(O)C1(N(c2ccc(-c3ccc(Cl)cc3)s2)S(=O)[O-])CC1c1cccc(O)c1. The van der Waals surface area contributed by atoms with Crippen molar-refractivity contribution in [2.75, 3.05) is 4.31 Å². The number of carboxylic acid groups (broad SMARTS) is 1. The summed E-state index contributed by atoms with van der Waals surface area (Å²) in [6.45, 7) is 0. The van der Waals surface area contributed by atoms with Crippen molar-refractivity contribution < 1.29 is 23.8 Å². The van der Waals surface area contributed by atoms with E-state index >= 15 is 0 Å². The molecular weight excluding hydrogens is 434 g/mol. The first-order chi connectivity index (χ1) is 13.8. The van der Waals surface area contributed by atoms with Crippen LogP contribution < -0.4 is 4.31 Å². The maximum atomic E-state index is 12.2. The fraction of sp³-hybridized carbons (Fsp3) is 0.150. The summed E-state index contributed by atoms with van der Waals surface area (Å²) in [6.07, 6.45) is 0.119. The first-order valence-corrected chi connectivity index (χ1v) is 10.8. The van der Waals surface area contributed by atoms with E-state index in [0.29, 0.717) is 15.6 Å². The topological polar surface area (TPSA) is 101 Å². The fourth-order valence-electron chi connectivity index (χ4n) is 3.54. The largest absolute Gasteiger partial charge is 0.755 e. The summed E-state index contributed by atoms with van der Waals surface area (Å²) in [5.74, 6) is -1.78. The van der Waals surface area contributed by atoms with Gasteiger partial charge in [-0.1, -0.05) is 35.9 Å². The van der Waals surface area contributed by atoms with Crippen LogP contribution in [-0.2, 0) is 16.1 Å². The summed E-state index contributed by atoms with van der Waals surface area (Å²) in [5.41, 5.74) is -0.188. The van der Waals surface area contributed by atoms with Gasteiger partial charge in [-0.15, -0.1) is 11.3 Å². The molecule has 1 aliphatic carbocycles. The zero-order valence-electron chi connectivity index (χ0n) is 14.8. The molecule has 0 aliphatic heterocycles. The molecule has 3 atom stereocenters. The Balaban J connectivity index is 1.73. The lowest BCUT2D eigenvalue weighted by molar-refractivity contribution is -0.139. The number of thiophene rings is 1. The molecule has 2 N–H and O–H groups in total. The number of rotatable bonds is 6. The standard InChI is InChI=1S/C20H16ClNO5S2/c21-14-6-4-12(5-7-14)17-8-9-18(28-17)22(29(26)27)20(19(24)25)11-16(20)13-2-1-3-15(23)10-13/h1-10,16,23H,11H2,(H,24,25)(H,26,27)/p-1. The second-order valence-corrected chi connectivity index (χ2v) is 9.04. The van der Waals surface area contributed by atoms with Gasteiger partial charge in [-0.25, -0.2) is 4.79 Å². The van der Waals surface area contributed by atoms with E-state index in [4.69, 9.17) is 11.6 Å². The predicted octanol–water partition coefficient (Wildman–Crippen LogP) is 4.39. The Kier molecular flexibility index (Phi) is 5.12. The lowest BCUT2D eigenvalue weighted by Gasteiger charge is -2.32. The molecule has 0 amide bonds. The van der Waals surface area contributed by atoms with Gasteiger partial charge in [0.2, 0.25) is 0 Å². The molecule has 0 spiro atoms. The first-order valence-electron chi connectivity index (χ1n) is 8.60. The molecule has 0 bridgehead atoms. The number of anilines is 1. The van der Waals surface area contributed by atoms with Crippen molar-refractivity contribution >= 4 is 45.2 Å². The van der Waals surface area contributed by atoms with Crippen LogP contribution in [0.1, 0.15) is 17.9 Å². The van der Waals surface area contributed by atoms with Crippen LogP contribution in [0.4, 0.5) is 5.00 Å². The molecule has 1 fully saturated rings. The third-order valence-electron chi connectivity index (χ3n) is 5.01. The number of phenolic OH excluding ortho intramolecular Hbond substituents is 1. The molecule has 3 unspecified atom stereocenters.